The molecule has 0 aliphatic heterocycles. The Kier molecular flexibility index (Phi) is 5.48. The molecule has 0 unspecified atom stereocenters. The number of hydrogen-bond acceptors (Lipinski definition) is 5. The Bertz CT molecular complexity index is 1470. The molecule has 7 nitrogen and oxygen atoms in total. The maximum atomic E-state index is 13.6. The first-order chi connectivity index (χ1) is 15.3. The number of hydrogen-bond donors (Lipinski definition) is 0. The second-order valence-electron chi connectivity index (χ2n) is 7.78. The standard InChI is InChI=1S/C25H23N3O4/c1-15-10-11-16(2)18(12-15)14-27-23(29)21-20(24(30)32-4)13-17(3)26-22(21)28(25(27)31)19-8-6-5-7-9-19/h5-13H,14H2,1-4H3. The molecule has 2 aromatic heterocycles. The van der Waals surface area contributed by atoms with E-state index in [1.165, 1.54) is 17.7 Å². The number of esters is 1. The Morgan fingerprint density at radius 3 is 2.41 bits per heavy atom. The van der Waals surface area contributed by atoms with E-state index in [2.05, 4.69) is 4.98 Å². The zero-order valence-corrected chi connectivity index (χ0v) is 18.4. The highest BCUT2D eigenvalue weighted by molar-refractivity contribution is 6.02. The van der Waals surface area contributed by atoms with Gasteiger partial charge in [0.05, 0.1) is 30.3 Å². The van der Waals surface area contributed by atoms with Gasteiger partial charge in [-0.3, -0.25) is 9.36 Å². The average molecular weight is 429 g/mol. The van der Waals surface area contributed by atoms with Gasteiger partial charge >= 0.3 is 11.7 Å². The first kappa shape index (κ1) is 21.2. The molecular formula is C25H23N3O4. The molecule has 162 valence electrons. The van der Waals surface area contributed by atoms with Gasteiger partial charge in [0.15, 0.2) is 5.65 Å². The van der Waals surface area contributed by atoms with E-state index < -0.39 is 17.2 Å². The molecule has 0 saturated carbocycles. The lowest BCUT2D eigenvalue weighted by Crippen LogP contribution is -2.41. The molecule has 0 amide bonds. The van der Waals surface area contributed by atoms with Gasteiger partial charge in [-0.25, -0.2) is 19.1 Å². The summed E-state index contributed by atoms with van der Waals surface area (Å²) in [4.78, 5) is 44.2. The summed E-state index contributed by atoms with van der Waals surface area (Å²) in [6.07, 6.45) is 0. The number of aromatic nitrogens is 3. The largest absolute Gasteiger partial charge is 0.465 e. The van der Waals surface area contributed by atoms with E-state index in [0.29, 0.717) is 11.4 Å². The number of carbonyl (C=O) groups is 1. The maximum absolute atomic E-state index is 13.6. The van der Waals surface area contributed by atoms with Crippen LogP contribution >= 0.6 is 0 Å². The topological polar surface area (TPSA) is 83.2 Å². The van der Waals surface area contributed by atoms with Crippen LogP contribution in [0.1, 0.15) is 32.7 Å². The van der Waals surface area contributed by atoms with Gasteiger partial charge in [0.2, 0.25) is 0 Å². The van der Waals surface area contributed by atoms with Gasteiger partial charge in [-0.15, -0.1) is 0 Å². The van der Waals surface area contributed by atoms with Crippen LogP contribution in [0, 0.1) is 20.8 Å². The van der Waals surface area contributed by atoms with E-state index in [0.717, 1.165) is 21.3 Å². The van der Waals surface area contributed by atoms with Crippen molar-refractivity contribution in [3.05, 3.63) is 103 Å². The van der Waals surface area contributed by atoms with Gasteiger partial charge in [-0.05, 0) is 50.1 Å². The van der Waals surface area contributed by atoms with E-state index in [1.807, 2.05) is 38.1 Å². The summed E-state index contributed by atoms with van der Waals surface area (Å²) in [6, 6.07) is 16.3. The molecule has 0 fully saturated rings. The van der Waals surface area contributed by atoms with Crippen molar-refractivity contribution in [2.24, 2.45) is 0 Å². The summed E-state index contributed by atoms with van der Waals surface area (Å²) in [5.74, 6) is -0.658. The number of carbonyl (C=O) groups excluding carboxylic acids is 1. The van der Waals surface area contributed by atoms with Crippen molar-refractivity contribution in [2.45, 2.75) is 27.3 Å². The highest BCUT2D eigenvalue weighted by atomic mass is 16.5. The van der Waals surface area contributed by atoms with Crippen LogP contribution in [0.3, 0.4) is 0 Å². The molecule has 0 aliphatic carbocycles. The van der Waals surface area contributed by atoms with Crippen molar-refractivity contribution in [3.63, 3.8) is 0 Å². The number of fused-ring (bicyclic) bond motifs is 1. The monoisotopic (exact) mass is 429 g/mol. The normalized spacial score (nSPS) is 11.0. The number of pyridine rings is 1. The van der Waals surface area contributed by atoms with Crippen LogP contribution in [-0.4, -0.2) is 27.2 Å². The number of benzene rings is 2. The van der Waals surface area contributed by atoms with Crippen LogP contribution in [-0.2, 0) is 11.3 Å². The lowest BCUT2D eigenvalue weighted by atomic mass is 10.1. The summed E-state index contributed by atoms with van der Waals surface area (Å²) in [5, 5.41) is 0.0520. The number of methoxy groups -OCH3 is 1. The molecule has 2 heterocycles. The van der Waals surface area contributed by atoms with Crippen molar-refractivity contribution in [3.8, 4) is 5.69 Å². The zero-order chi connectivity index (χ0) is 23.0. The van der Waals surface area contributed by atoms with Gasteiger partial charge in [-0.1, -0.05) is 42.0 Å². The Balaban J connectivity index is 2.15. The zero-order valence-electron chi connectivity index (χ0n) is 18.4. The molecule has 32 heavy (non-hydrogen) atoms. The molecular weight excluding hydrogens is 406 g/mol. The summed E-state index contributed by atoms with van der Waals surface area (Å²) >= 11 is 0. The summed E-state index contributed by atoms with van der Waals surface area (Å²) in [5.41, 5.74) is 2.99. The van der Waals surface area contributed by atoms with Gasteiger partial charge in [-0.2, -0.15) is 0 Å². The number of rotatable bonds is 4. The lowest BCUT2D eigenvalue weighted by Gasteiger charge is -2.16. The predicted octanol–water partition coefficient (Wildman–Crippen LogP) is 3.31. The van der Waals surface area contributed by atoms with Crippen LogP contribution in [0.2, 0.25) is 0 Å². The van der Waals surface area contributed by atoms with Crippen molar-refractivity contribution in [1.82, 2.24) is 14.1 Å². The van der Waals surface area contributed by atoms with Crippen molar-refractivity contribution >= 4 is 17.0 Å². The maximum Gasteiger partial charge on any atom is 0.338 e. The number of nitrogens with zero attached hydrogens (tertiary/aromatic N) is 3. The summed E-state index contributed by atoms with van der Waals surface area (Å²) in [7, 11) is 1.26. The van der Waals surface area contributed by atoms with Gasteiger partial charge in [0.25, 0.3) is 5.56 Å². The van der Waals surface area contributed by atoms with Crippen LogP contribution in [0.5, 0.6) is 0 Å². The van der Waals surface area contributed by atoms with Crippen LogP contribution < -0.4 is 11.2 Å². The fourth-order valence-corrected chi connectivity index (χ4v) is 3.82. The molecule has 4 aromatic rings. The fraction of sp³-hybridized carbons (Fsp3) is 0.200. The minimum Gasteiger partial charge on any atom is -0.465 e. The quantitative estimate of drug-likeness (QED) is 0.465. The first-order valence-electron chi connectivity index (χ1n) is 10.2. The second kappa shape index (κ2) is 8.26. The van der Waals surface area contributed by atoms with E-state index in [1.54, 1.807) is 31.2 Å². The number of aryl methyl sites for hydroxylation is 3. The molecule has 4 rings (SSSR count). The van der Waals surface area contributed by atoms with Gasteiger partial charge in [0, 0.05) is 5.69 Å². The van der Waals surface area contributed by atoms with E-state index in [9.17, 15) is 14.4 Å². The lowest BCUT2D eigenvalue weighted by molar-refractivity contribution is 0.0602. The average Bonchev–Trinajstić information content (AvgIpc) is 2.78. The number of para-hydroxylation sites is 1. The van der Waals surface area contributed by atoms with Crippen molar-refractivity contribution in [1.29, 1.82) is 0 Å². The number of ether oxygens (including phenoxy) is 1. The predicted molar refractivity (Wildman–Crippen MR) is 123 cm³/mol. The molecule has 0 spiro atoms. The van der Waals surface area contributed by atoms with E-state index >= 15 is 0 Å². The Morgan fingerprint density at radius 1 is 1.00 bits per heavy atom. The smallest absolute Gasteiger partial charge is 0.338 e. The van der Waals surface area contributed by atoms with Crippen LogP contribution in [0.15, 0.2) is 64.2 Å². The summed E-state index contributed by atoms with van der Waals surface area (Å²) < 4.78 is 7.45. The Labute approximate surface area is 184 Å². The molecule has 0 N–H and O–H groups in total. The molecule has 2 aromatic carbocycles. The third-order valence-electron chi connectivity index (χ3n) is 5.47. The fourth-order valence-electron chi connectivity index (χ4n) is 3.82. The van der Waals surface area contributed by atoms with Gasteiger partial charge < -0.3 is 4.74 Å². The highest BCUT2D eigenvalue weighted by Crippen LogP contribution is 2.19. The molecule has 0 saturated heterocycles. The molecule has 0 bridgehead atoms. The van der Waals surface area contributed by atoms with Gasteiger partial charge in [0.1, 0.15) is 0 Å². The molecule has 0 radical (unpaired) electrons. The van der Waals surface area contributed by atoms with Crippen molar-refractivity contribution < 1.29 is 9.53 Å². The van der Waals surface area contributed by atoms with Crippen molar-refractivity contribution in [2.75, 3.05) is 7.11 Å². The van der Waals surface area contributed by atoms with Crippen LogP contribution in [0.25, 0.3) is 16.7 Å². The third kappa shape index (κ3) is 3.62. The summed E-state index contributed by atoms with van der Waals surface area (Å²) in [6.45, 7) is 5.66. The Morgan fingerprint density at radius 2 is 1.72 bits per heavy atom. The van der Waals surface area contributed by atoms with E-state index in [4.69, 9.17) is 4.74 Å². The Hall–Kier alpha value is -4.00. The third-order valence-corrected chi connectivity index (χ3v) is 5.47. The minimum atomic E-state index is -0.658. The second-order valence-corrected chi connectivity index (χ2v) is 7.78. The van der Waals surface area contributed by atoms with E-state index in [-0.39, 0.29) is 23.1 Å². The molecule has 7 heteroatoms. The van der Waals surface area contributed by atoms with Crippen LogP contribution in [0.4, 0.5) is 0 Å². The highest BCUT2D eigenvalue weighted by Gasteiger charge is 2.23. The molecule has 0 atom stereocenters. The molecule has 0 aliphatic rings. The SMILES string of the molecule is COC(=O)c1cc(C)nc2c1c(=O)n(Cc1cc(C)ccc1C)c(=O)n2-c1ccccc1. The first-order valence-corrected chi connectivity index (χ1v) is 10.2. The minimum absolute atomic E-state index is 0.0520.